The van der Waals surface area contributed by atoms with Gasteiger partial charge in [-0.2, -0.15) is 0 Å². The van der Waals surface area contributed by atoms with Gasteiger partial charge in [-0.15, -0.1) is 11.3 Å². The number of thiophene rings is 1. The molecule has 1 aliphatic rings. The van der Waals surface area contributed by atoms with Crippen LogP contribution in [0.1, 0.15) is 38.9 Å². The zero-order valence-electron chi connectivity index (χ0n) is 16.4. The molecule has 0 spiro atoms. The first-order valence-electron chi connectivity index (χ1n) is 9.18. The van der Waals surface area contributed by atoms with Crippen molar-refractivity contribution in [1.82, 2.24) is 0 Å². The summed E-state index contributed by atoms with van der Waals surface area (Å²) in [7, 11) is 2.55. The molecule has 8 nitrogen and oxygen atoms in total. The Morgan fingerprint density at radius 1 is 1.04 bits per heavy atom. The molecule has 0 unspecified atom stereocenters. The van der Waals surface area contributed by atoms with Crippen LogP contribution in [-0.2, 0) is 14.3 Å². The van der Waals surface area contributed by atoms with E-state index in [-0.39, 0.29) is 16.3 Å². The van der Waals surface area contributed by atoms with Crippen LogP contribution in [0.5, 0.6) is 0 Å². The van der Waals surface area contributed by atoms with E-state index in [0.29, 0.717) is 17.0 Å². The van der Waals surface area contributed by atoms with Crippen molar-refractivity contribution in [2.75, 3.05) is 58.8 Å². The van der Waals surface area contributed by atoms with E-state index in [1.54, 1.807) is 11.8 Å². The summed E-state index contributed by atoms with van der Waals surface area (Å²) >= 11 is 1.04. The molecule has 1 aromatic rings. The molecule has 0 atom stereocenters. The zero-order chi connectivity index (χ0) is 20.0. The summed E-state index contributed by atoms with van der Waals surface area (Å²) in [6.07, 6.45) is 0.363. The molecule has 2 heterocycles. The van der Waals surface area contributed by atoms with Crippen molar-refractivity contribution in [2.24, 2.45) is 0 Å². The van der Waals surface area contributed by atoms with E-state index < -0.39 is 11.9 Å². The zero-order valence-corrected chi connectivity index (χ0v) is 17.2. The van der Waals surface area contributed by atoms with Crippen LogP contribution >= 0.6 is 11.3 Å². The fourth-order valence-electron chi connectivity index (χ4n) is 3.28. The minimum atomic E-state index is -0.585. The summed E-state index contributed by atoms with van der Waals surface area (Å²) < 4.78 is 9.55. The summed E-state index contributed by atoms with van der Waals surface area (Å²) in [5.74, 6) is -1.29. The number of amides is 1. The number of hydrogen-bond donors (Lipinski definition) is 3. The highest BCUT2D eigenvalue weighted by Gasteiger charge is 2.27. The van der Waals surface area contributed by atoms with Crippen molar-refractivity contribution in [3.05, 3.63) is 16.0 Å². The summed E-state index contributed by atoms with van der Waals surface area (Å²) in [4.78, 5) is 39.7. The molecule has 1 fully saturated rings. The van der Waals surface area contributed by atoms with Crippen LogP contribution in [-0.4, -0.2) is 71.3 Å². The number of rotatable bonds is 7. The number of esters is 2. The van der Waals surface area contributed by atoms with Crippen LogP contribution in [0.4, 0.5) is 5.00 Å². The van der Waals surface area contributed by atoms with Gasteiger partial charge in [-0.3, -0.25) is 4.79 Å². The van der Waals surface area contributed by atoms with E-state index in [2.05, 4.69) is 12.2 Å². The molecule has 9 heteroatoms. The summed E-state index contributed by atoms with van der Waals surface area (Å²) in [6, 6.07) is 0. The minimum absolute atomic E-state index is 0.171. The van der Waals surface area contributed by atoms with Gasteiger partial charge >= 0.3 is 11.9 Å². The number of likely N-dealkylation sites (N-methyl/N-ethyl adjacent to an activating group) is 1. The predicted molar refractivity (Wildman–Crippen MR) is 102 cm³/mol. The van der Waals surface area contributed by atoms with E-state index in [4.69, 9.17) is 9.47 Å². The first-order chi connectivity index (χ1) is 12.9. The second kappa shape index (κ2) is 9.82. The van der Waals surface area contributed by atoms with Gasteiger partial charge in [0.2, 0.25) is 5.91 Å². The Bertz CT molecular complexity index is 695. The highest BCUT2D eigenvalue weighted by molar-refractivity contribution is 7.18. The van der Waals surface area contributed by atoms with Crippen LogP contribution in [0.15, 0.2) is 0 Å². The SMILES string of the molecule is CC[NH+]1CC[NH+](CCC(=O)Nc2sc(C(=O)OC)c(C)c2C(=O)OC)CC1. The highest BCUT2D eigenvalue weighted by Crippen LogP contribution is 2.34. The third-order valence-corrected chi connectivity index (χ3v) is 6.22. The number of piperazine rings is 1. The average molecular weight is 400 g/mol. The number of nitrogens with one attached hydrogen (secondary N) is 3. The third kappa shape index (κ3) is 5.27. The van der Waals surface area contributed by atoms with E-state index in [0.717, 1.165) is 50.6 Å². The molecule has 1 amide bonds. The molecule has 150 valence electrons. The molecule has 0 aliphatic carbocycles. The maximum Gasteiger partial charge on any atom is 0.348 e. The Kier molecular flexibility index (Phi) is 7.76. The monoisotopic (exact) mass is 399 g/mol. The van der Waals surface area contributed by atoms with Crippen LogP contribution in [0.25, 0.3) is 0 Å². The molecule has 0 aromatic carbocycles. The Labute approximate surface area is 163 Å². The number of hydrogen-bond acceptors (Lipinski definition) is 6. The third-order valence-electron chi connectivity index (χ3n) is 5.03. The van der Waals surface area contributed by atoms with Gasteiger partial charge in [0.25, 0.3) is 0 Å². The lowest BCUT2D eigenvalue weighted by Gasteiger charge is -2.28. The first-order valence-corrected chi connectivity index (χ1v) is 9.99. The van der Waals surface area contributed by atoms with Crippen LogP contribution in [0.3, 0.4) is 0 Å². The lowest BCUT2D eigenvalue weighted by atomic mass is 10.1. The van der Waals surface area contributed by atoms with Gasteiger partial charge in [0.1, 0.15) is 36.1 Å². The first kappa shape index (κ1) is 21.3. The molecule has 0 bridgehead atoms. The smallest absolute Gasteiger partial charge is 0.348 e. The quantitative estimate of drug-likeness (QED) is 0.499. The Morgan fingerprint density at radius 3 is 2.19 bits per heavy atom. The second-order valence-corrected chi connectivity index (χ2v) is 7.67. The Balaban J connectivity index is 2.02. The minimum Gasteiger partial charge on any atom is -0.465 e. The van der Waals surface area contributed by atoms with Crippen LogP contribution in [0.2, 0.25) is 0 Å². The standard InChI is InChI=1S/C18H27N3O5S/c1-5-20-8-10-21(11-9-20)7-6-13(22)19-16-14(17(23)25-3)12(2)15(27-16)18(24)26-4/h5-11H2,1-4H3,(H,19,22)/p+2. The largest absolute Gasteiger partial charge is 0.465 e. The normalized spacial score (nSPS) is 19.4. The van der Waals surface area contributed by atoms with Gasteiger partial charge in [-0.05, 0) is 19.4 Å². The molecule has 1 aromatic heterocycles. The molecule has 3 N–H and O–H groups in total. The molecule has 0 radical (unpaired) electrons. The number of methoxy groups -OCH3 is 2. The maximum absolute atomic E-state index is 12.4. The predicted octanol–water partition coefficient (Wildman–Crippen LogP) is -1.24. The fourth-order valence-corrected chi connectivity index (χ4v) is 4.41. The maximum atomic E-state index is 12.4. The van der Waals surface area contributed by atoms with E-state index >= 15 is 0 Å². The number of quaternary nitrogens is 2. The van der Waals surface area contributed by atoms with Crippen LogP contribution in [0, 0.1) is 6.92 Å². The van der Waals surface area contributed by atoms with E-state index in [1.807, 2.05) is 0 Å². The van der Waals surface area contributed by atoms with Crippen molar-refractivity contribution in [3.63, 3.8) is 0 Å². The number of ether oxygens (including phenoxy) is 2. The lowest BCUT2D eigenvalue weighted by Crippen LogP contribution is -3.28. The summed E-state index contributed by atoms with van der Waals surface area (Å²) in [6.45, 7) is 10.1. The Morgan fingerprint density at radius 2 is 1.63 bits per heavy atom. The van der Waals surface area contributed by atoms with Gasteiger partial charge in [-0.1, -0.05) is 0 Å². The van der Waals surface area contributed by atoms with Gasteiger partial charge in [0.05, 0.1) is 39.3 Å². The van der Waals surface area contributed by atoms with Crippen molar-refractivity contribution < 1.29 is 33.7 Å². The van der Waals surface area contributed by atoms with Gasteiger partial charge in [0.15, 0.2) is 0 Å². The molecule has 1 aliphatic heterocycles. The number of anilines is 1. The average Bonchev–Trinajstić information content (AvgIpc) is 3.01. The molecule has 0 saturated carbocycles. The van der Waals surface area contributed by atoms with Crippen molar-refractivity contribution >= 4 is 34.2 Å². The molecular weight excluding hydrogens is 370 g/mol. The number of carbonyl (C=O) groups is 3. The molecule has 2 rings (SSSR count). The second-order valence-electron chi connectivity index (χ2n) is 6.65. The molecular formula is C18H29N3O5S+2. The van der Waals surface area contributed by atoms with Crippen molar-refractivity contribution in [2.45, 2.75) is 20.3 Å². The van der Waals surface area contributed by atoms with Gasteiger partial charge in [-0.25, -0.2) is 9.59 Å². The van der Waals surface area contributed by atoms with E-state index in [9.17, 15) is 14.4 Å². The number of carbonyl (C=O) groups excluding carboxylic acids is 3. The molecule has 27 heavy (non-hydrogen) atoms. The van der Waals surface area contributed by atoms with Crippen molar-refractivity contribution in [3.8, 4) is 0 Å². The van der Waals surface area contributed by atoms with Gasteiger partial charge < -0.3 is 24.6 Å². The Hall–Kier alpha value is -1.97. The topological polar surface area (TPSA) is 90.6 Å². The van der Waals surface area contributed by atoms with Crippen molar-refractivity contribution in [1.29, 1.82) is 0 Å². The fraction of sp³-hybridized carbons (Fsp3) is 0.611. The highest BCUT2D eigenvalue weighted by atomic mass is 32.1. The lowest BCUT2D eigenvalue weighted by molar-refractivity contribution is -1.01. The van der Waals surface area contributed by atoms with E-state index in [1.165, 1.54) is 19.1 Å². The molecule has 1 saturated heterocycles. The summed E-state index contributed by atoms with van der Waals surface area (Å²) in [5.41, 5.74) is 0.669. The van der Waals surface area contributed by atoms with Gasteiger partial charge in [0, 0.05) is 0 Å². The summed E-state index contributed by atoms with van der Waals surface area (Å²) in [5, 5.41) is 3.11. The van der Waals surface area contributed by atoms with Crippen LogP contribution < -0.4 is 15.1 Å².